The quantitative estimate of drug-likeness (QED) is 0.871. The predicted octanol–water partition coefficient (Wildman–Crippen LogP) is 1.96. The molecule has 2 saturated heterocycles. The molecule has 2 aliphatic heterocycles. The standard InChI is InChI=1S/C21H26N4O2/c1-20(2)8-14(20)19(27)25-11-21(12-25)10-24(9-15(21)18(22)26)17-5-3-4-16-13(17)6-7-23-16/h3-7,14-15,23H,8-12H2,1-2H3,(H2,22,26)/t14-,15?/m1/s1. The number of nitrogens with one attached hydrogen (secondary N) is 1. The number of hydrogen-bond acceptors (Lipinski definition) is 3. The number of rotatable bonds is 3. The lowest BCUT2D eigenvalue weighted by Gasteiger charge is -2.50. The smallest absolute Gasteiger partial charge is 0.226 e. The van der Waals surface area contributed by atoms with E-state index in [1.165, 1.54) is 0 Å². The van der Waals surface area contributed by atoms with Crippen molar-refractivity contribution in [2.75, 3.05) is 31.1 Å². The molecule has 3 aliphatic rings. The lowest BCUT2D eigenvalue weighted by atomic mass is 9.71. The second-order valence-electron chi connectivity index (χ2n) is 9.35. The third kappa shape index (κ3) is 2.38. The highest BCUT2D eigenvalue weighted by Gasteiger charge is 2.61. The van der Waals surface area contributed by atoms with Gasteiger partial charge in [0.15, 0.2) is 0 Å². The van der Waals surface area contributed by atoms with E-state index in [9.17, 15) is 9.59 Å². The molecule has 2 amide bonds. The third-order valence-electron chi connectivity index (χ3n) is 7.04. The molecule has 3 fully saturated rings. The van der Waals surface area contributed by atoms with Crippen LogP contribution in [0.3, 0.4) is 0 Å². The van der Waals surface area contributed by atoms with Gasteiger partial charge in [0.2, 0.25) is 11.8 Å². The number of hydrogen-bond donors (Lipinski definition) is 2. The van der Waals surface area contributed by atoms with Gasteiger partial charge in [0.1, 0.15) is 0 Å². The van der Waals surface area contributed by atoms with Crippen molar-refractivity contribution in [1.82, 2.24) is 9.88 Å². The second kappa shape index (κ2) is 5.27. The Morgan fingerprint density at radius 2 is 1.89 bits per heavy atom. The summed E-state index contributed by atoms with van der Waals surface area (Å²) in [6.07, 6.45) is 2.91. The average molecular weight is 366 g/mol. The molecule has 0 bridgehead atoms. The highest BCUT2D eigenvalue weighted by molar-refractivity contribution is 5.93. The largest absolute Gasteiger partial charge is 0.369 e. The zero-order chi connectivity index (χ0) is 19.0. The molecule has 6 heteroatoms. The number of aromatic amines is 1. The number of carbonyl (C=O) groups is 2. The van der Waals surface area contributed by atoms with E-state index in [1.54, 1.807) is 0 Å². The number of carbonyl (C=O) groups excluding carboxylic acids is 2. The molecule has 1 aliphatic carbocycles. The molecule has 6 nitrogen and oxygen atoms in total. The minimum atomic E-state index is -0.252. The van der Waals surface area contributed by atoms with Crippen molar-refractivity contribution in [3.63, 3.8) is 0 Å². The van der Waals surface area contributed by atoms with Gasteiger partial charge in [-0.3, -0.25) is 9.59 Å². The Kier molecular flexibility index (Phi) is 3.25. The van der Waals surface area contributed by atoms with E-state index < -0.39 is 0 Å². The van der Waals surface area contributed by atoms with Crippen LogP contribution >= 0.6 is 0 Å². The first kappa shape index (κ1) is 16.7. The first-order valence-electron chi connectivity index (χ1n) is 9.70. The summed E-state index contributed by atoms with van der Waals surface area (Å²) in [5.41, 5.74) is 7.92. The second-order valence-corrected chi connectivity index (χ2v) is 9.35. The Morgan fingerprint density at radius 3 is 2.56 bits per heavy atom. The van der Waals surface area contributed by atoms with Crippen LogP contribution in [0.5, 0.6) is 0 Å². The van der Waals surface area contributed by atoms with E-state index in [-0.39, 0.29) is 34.5 Å². The van der Waals surface area contributed by atoms with Crippen LogP contribution in [0.25, 0.3) is 10.9 Å². The van der Waals surface area contributed by atoms with Crippen molar-refractivity contribution < 1.29 is 9.59 Å². The molecule has 0 radical (unpaired) electrons. The van der Waals surface area contributed by atoms with Crippen molar-refractivity contribution in [3.8, 4) is 0 Å². The topological polar surface area (TPSA) is 82.4 Å². The zero-order valence-electron chi connectivity index (χ0n) is 15.9. The Labute approximate surface area is 158 Å². The van der Waals surface area contributed by atoms with E-state index in [1.807, 2.05) is 17.2 Å². The average Bonchev–Trinajstić information content (AvgIpc) is 2.98. The lowest BCUT2D eigenvalue weighted by molar-refractivity contribution is -0.150. The molecule has 1 saturated carbocycles. The molecule has 2 atom stereocenters. The third-order valence-corrected chi connectivity index (χ3v) is 7.04. The van der Waals surface area contributed by atoms with E-state index >= 15 is 0 Å². The fraction of sp³-hybridized carbons (Fsp3) is 0.524. The molecular weight excluding hydrogens is 340 g/mol. The number of aromatic nitrogens is 1. The number of likely N-dealkylation sites (tertiary alicyclic amines) is 1. The van der Waals surface area contributed by atoms with Crippen LogP contribution in [0, 0.1) is 22.7 Å². The van der Waals surface area contributed by atoms with Crippen molar-refractivity contribution in [2.24, 2.45) is 28.4 Å². The summed E-state index contributed by atoms with van der Waals surface area (Å²) in [6, 6.07) is 8.25. The number of primary amides is 1. The number of fused-ring (bicyclic) bond motifs is 1. The van der Waals surface area contributed by atoms with Crippen LogP contribution in [-0.2, 0) is 9.59 Å². The maximum absolute atomic E-state index is 12.7. The molecule has 142 valence electrons. The van der Waals surface area contributed by atoms with Gasteiger partial charge in [0, 0.05) is 60.3 Å². The number of amides is 2. The summed E-state index contributed by atoms with van der Waals surface area (Å²) in [5.74, 6) is -0.0754. The van der Waals surface area contributed by atoms with Crippen LogP contribution in [0.4, 0.5) is 5.69 Å². The summed E-state index contributed by atoms with van der Waals surface area (Å²) in [7, 11) is 0. The van der Waals surface area contributed by atoms with Gasteiger partial charge in [0.25, 0.3) is 0 Å². The molecule has 3 heterocycles. The fourth-order valence-electron chi connectivity index (χ4n) is 5.19. The normalized spacial score (nSPS) is 27.8. The van der Waals surface area contributed by atoms with Gasteiger partial charge in [-0.25, -0.2) is 0 Å². The number of H-pyrrole nitrogens is 1. The van der Waals surface area contributed by atoms with Gasteiger partial charge in [-0.2, -0.15) is 0 Å². The van der Waals surface area contributed by atoms with E-state index in [0.717, 1.165) is 29.6 Å². The summed E-state index contributed by atoms with van der Waals surface area (Å²) in [6.45, 7) is 6.97. The number of nitrogens with two attached hydrogens (primary N) is 1. The number of anilines is 1. The van der Waals surface area contributed by atoms with Gasteiger partial charge in [-0.15, -0.1) is 0 Å². The molecule has 1 unspecified atom stereocenters. The van der Waals surface area contributed by atoms with Gasteiger partial charge >= 0.3 is 0 Å². The predicted molar refractivity (Wildman–Crippen MR) is 104 cm³/mol. The molecule has 5 rings (SSSR count). The highest BCUT2D eigenvalue weighted by Crippen LogP contribution is 2.54. The summed E-state index contributed by atoms with van der Waals surface area (Å²) >= 11 is 0. The molecule has 1 aromatic carbocycles. The molecule has 3 N–H and O–H groups in total. The summed E-state index contributed by atoms with van der Waals surface area (Å²) < 4.78 is 0. The molecule has 1 aromatic heterocycles. The molecule has 2 aromatic rings. The lowest BCUT2D eigenvalue weighted by Crippen LogP contribution is -2.64. The summed E-state index contributed by atoms with van der Waals surface area (Å²) in [5, 5.41) is 1.16. The van der Waals surface area contributed by atoms with Crippen molar-refractivity contribution in [1.29, 1.82) is 0 Å². The van der Waals surface area contributed by atoms with Crippen molar-refractivity contribution in [2.45, 2.75) is 20.3 Å². The SMILES string of the molecule is CC1(C)C[C@@H]1C(=O)N1CC2(C1)CN(c1cccc3[nH]ccc13)CC2C(N)=O. The van der Waals surface area contributed by atoms with Crippen LogP contribution in [0.1, 0.15) is 20.3 Å². The van der Waals surface area contributed by atoms with E-state index in [4.69, 9.17) is 5.73 Å². The highest BCUT2D eigenvalue weighted by atomic mass is 16.2. The molecular formula is C21H26N4O2. The monoisotopic (exact) mass is 366 g/mol. The van der Waals surface area contributed by atoms with Crippen molar-refractivity contribution >= 4 is 28.4 Å². The number of nitrogens with zero attached hydrogens (tertiary/aromatic N) is 2. The first-order chi connectivity index (χ1) is 12.8. The maximum atomic E-state index is 12.7. The minimum Gasteiger partial charge on any atom is -0.369 e. The van der Waals surface area contributed by atoms with E-state index in [0.29, 0.717) is 19.6 Å². The molecule has 27 heavy (non-hydrogen) atoms. The van der Waals surface area contributed by atoms with Gasteiger partial charge in [-0.1, -0.05) is 19.9 Å². The van der Waals surface area contributed by atoms with E-state index in [2.05, 4.69) is 41.9 Å². The molecule has 1 spiro atoms. The number of benzene rings is 1. The van der Waals surface area contributed by atoms with Crippen LogP contribution in [0.15, 0.2) is 30.5 Å². The Balaban J connectivity index is 1.38. The van der Waals surface area contributed by atoms with Crippen LogP contribution in [0.2, 0.25) is 0 Å². The summed E-state index contributed by atoms with van der Waals surface area (Å²) in [4.78, 5) is 32.4. The van der Waals surface area contributed by atoms with Crippen LogP contribution in [-0.4, -0.2) is 47.9 Å². The zero-order valence-corrected chi connectivity index (χ0v) is 15.9. The first-order valence-corrected chi connectivity index (χ1v) is 9.70. The minimum absolute atomic E-state index is 0.133. The van der Waals surface area contributed by atoms with Gasteiger partial charge in [0.05, 0.1) is 5.92 Å². The van der Waals surface area contributed by atoms with Crippen LogP contribution < -0.4 is 10.6 Å². The Morgan fingerprint density at radius 1 is 1.15 bits per heavy atom. The van der Waals surface area contributed by atoms with Gasteiger partial charge in [-0.05, 0) is 30.0 Å². The fourth-order valence-corrected chi connectivity index (χ4v) is 5.19. The Hall–Kier alpha value is -2.50. The maximum Gasteiger partial charge on any atom is 0.226 e. The van der Waals surface area contributed by atoms with Gasteiger partial charge < -0.3 is 20.5 Å². The van der Waals surface area contributed by atoms with Crippen molar-refractivity contribution in [3.05, 3.63) is 30.5 Å². The Bertz CT molecular complexity index is 941.